The molecule has 0 spiro atoms. The van der Waals surface area contributed by atoms with Crippen LogP contribution in [0.4, 0.5) is 4.79 Å². The second-order valence-corrected chi connectivity index (χ2v) is 7.80. The summed E-state index contributed by atoms with van der Waals surface area (Å²) in [7, 11) is 4.24. The smallest absolute Gasteiger partial charge is 0.315 e. The Morgan fingerprint density at radius 2 is 1.86 bits per heavy atom. The molecule has 0 aliphatic heterocycles. The normalized spacial score (nSPS) is 40.9. The van der Waals surface area contributed by atoms with Gasteiger partial charge >= 0.3 is 6.03 Å². The predicted octanol–water partition coefficient (Wildman–Crippen LogP) is 1.57. The molecule has 2 amide bonds. The zero-order valence-electron chi connectivity index (χ0n) is 13.9. The average Bonchev–Trinajstić information content (AvgIpc) is 3.08. The van der Waals surface area contributed by atoms with Crippen LogP contribution in [-0.2, 0) is 0 Å². The van der Waals surface area contributed by atoms with E-state index in [4.69, 9.17) is 0 Å². The van der Waals surface area contributed by atoms with Crippen LogP contribution in [0.25, 0.3) is 0 Å². The molecule has 0 aromatic carbocycles. The molecule has 126 valence electrons. The fourth-order valence-corrected chi connectivity index (χ4v) is 5.04. The maximum Gasteiger partial charge on any atom is 0.315 e. The van der Waals surface area contributed by atoms with E-state index < -0.39 is 0 Å². The summed E-state index contributed by atoms with van der Waals surface area (Å²) in [5.41, 5.74) is 0. The van der Waals surface area contributed by atoms with Crippen molar-refractivity contribution in [1.82, 2.24) is 15.5 Å². The Bertz CT molecular complexity index is 401. The van der Waals surface area contributed by atoms with E-state index in [-0.39, 0.29) is 30.6 Å². The van der Waals surface area contributed by atoms with E-state index in [0.717, 1.165) is 12.8 Å². The van der Waals surface area contributed by atoms with Gasteiger partial charge in [0.1, 0.15) is 0 Å². The van der Waals surface area contributed by atoms with Gasteiger partial charge < -0.3 is 20.6 Å². The molecule has 0 aromatic rings. The second-order valence-electron chi connectivity index (χ2n) is 7.80. The van der Waals surface area contributed by atoms with Gasteiger partial charge in [-0.25, -0.2) is 4.79 Å². The van der Waals surface area contributed by atoms with Crippen molar-refractivity contribution in [1.29, 1.82) is 0 Å². The molecule has 3 aliphatic carbocycles. The summed E-state index contributed by atoms with van der Waals surface area (Å²) in [6.45, 7) is 0.207. The number of hydrogen-bond acceptors (Lipinski definition) is 3. The first-order valence-electron chi connectivity index (χ1n) is 8.92. The van der Waals surface area contributed by atoms with E-state index in [0.29, 0.717) is 17.9 Å². The van der Waals surface area contributed by atoms with Crippen molar-refractivity contribution in [2.45, 2.75) is 63.1 Å². The average molecular weight is 309 g/mol. The lowest BCUT2D eigenvalue weighted by molar-refractivity contribution is 0.142. The number of rotatable bonds is 4. The maximum atomic E-state index is 12.4. The quantitative estimate of drug-likeness (QED) is 0.738. The van der Waals surface area contributed by atoms with Crippen LogP contribution in [0.2, 0.25) is 0 Å². The van der Waals surface area contributed by atoms with Crippen molar-refractivity contribution < 1.29 is 9.90 Å². The topological polar surface area (TPSA) is 64.6 Å². The second kappa shape index (κ2) is 6.75. The number of nitrogens with one attached hydrogen (secondary N) is 2. The number of carbonyl (C=O) groups is 1. The Kier molecular flexibility index (Phi) is 4.93. The Morgan fingerprint density at radius 1 is 1.09 bits per heavy atom. The van der Waals surface area contributed by atoms with Gasteiger partial charge in [-0.3, -0.25) is 0 Å². The lowest BCUT2D eigenvalue weighted by Gasteiger charge is -2.35. The molecule has 0 radical (unpaired) electrons. The summed E-state index contributed by atoms with van der Waals surface area (Å²) >= 11 is 0. The predicted molar refractivity (Wildman–Crippen MR) is 86.6 cm³/mol. The Balaban J connectivity index is 1.50. The molecule has 2 bridgehead atoms. The summed E-state index contributed by atoms with van der Waals surface area (Å²) < 4.78 is 0. The van der Waals surface area contributed by atoms with E-state index in [1.165, 1.54) is 32.1 Å². The standard InChI is InChI=1S/C17H31N3O2/c1-20(2)14-5-3-4-13(9-14)18-17(22)19-16-12-7-6-11(8-12)15(16)10-21/h11-16,21H,3-10H2,1-2H3,(H2,18,19,22). The molecule has 22 heavy (non-hydrogen) atoms. The first-order valence-corrected chi connectivity index (χ1v) is 8.92. The number of urea groups is 1. The lowest BCUT2D eigenvalue weighted by atomic mass is 9.85. The summed E-state index contributed by atoms with van der Waals surface area (Å²) in [6, 6.07) is 1.01. The molecular formula is C17H31N3O2. The number of hydrogen-bond donors (Lipinski definition) is 3. The van der Waals surface area contributed by atoms with Crippen molar-refractivity contribution in [3.63, 3.8) is 0 Å². The molecule has 0 saturated heterocycles. The Labute approximate surface area is 133 Å². The van der Waals surface area contributed by atoms with E-state index >= 15 is 0 Å². The van der Waals surface area contributed by atoms with Crippen molar-refractivity contribution in [3.05, 3.63) is 0 Å². The van der Waals surface area contributed by atoms with E-state index in [9.17, 15) is 9.90 Å². The van der Waals surface area contributed by atoms with Gasteiger partial charge in [0.05, 0.1) is 0 Å². The third kappa shape index (κ3) is 3.25. The van der Waals surface area contributed by atoms with Gasteiger partial charge in [-0.1, -0.05) is 0 Å². The number of fused-ring (bicyclic) bond motifs is 2. The number of aliphatic hydroxyl groups is 1. The van der Waals surface area contributed by atoms with Crippen molar-refractivity contribution >= 4 is 6.03 Å². The molecule has 3 fully saturated rings. The molecule has 5 nitrogen and oxygen atoms in total. The van der Waals surface area contributed by atoms with Gasteiger partial charge in [-0.15, -0.1) is 0 Å². The number of aliphatic hydroxyl groups excluding tert-OH is 1. The summed E-state index contributed by atoms with van der Waals surface area (Å²) in [5.74, 6) is 1.47. The van der Waals surface area contributed by atoms with E-state index in [1.54, 1.807) is 0 Å². The van der Waals surface area contributed by atoms with Gasteiger partial charge in [-0.2, -0.15) is 0 Å². The highest BCUT2D eigenvalue weighted by Crippen LogP contribution is 2.48. The fourth-order valence-electron chi connectivity index (χ4n) is 5.04. The van der Waals surface area contributed by atoms with Crippen LogP contribution in [0.5, 0.6) is 0 Å². The molecular weight excluding hydrogens is 278 g/mol. The Hall–Kier alpha value is -0.810. The van der Waals surface area contributed by atoms with Crippen LogP contribution >= 0.6 is 0 Å². The maximum absolute atomic E-state index is 12.4. The van der Waals surface area contributed by atoms with Gasteiger partial charge in [0.25, 0.3) is 0 Å². The highest BCUT2D eigenvalue weighted by Gasteiger charge is 2.47. The largest absolute Gasteiger partial charge is 0.396 e. The SMILES string of the molecule is CN(C)C1CCCC(NC(=O)NC2C3CCC(C3)C2CO)C1. The van der Waals surface area contributed by atoms with Crippen LogP contribution in [-0.4, -0.2) is 54.9 Å². The highest BCUT2D eigenvalue weighted by atomic mass is 16.3. The highest BCUT2D eigenvalue weighted by molar-refractivity contribution is 5.74. The monoisotopic (exact) mass is 309 g/mol. The zero-order valence-corrected chi connectivity index (χ0v) is 13.9. The molecule has 0 heterocycles. The first kappa shape index (κ1) is 16.1. The number of nitrogens with zero attached hydrogens (tertiary/aromatic N) is 1. The number of amides is 2. The Morgan fingerprint density at radius 3 is 2.59 bits per heavy atom. The van der Waals surface area contributed by atoms with Gasteiger partial charge in [-0.05, 0) is 70.9 Å². The third-order valence-electron chi connectivity index (χ3n) is 6.31. The van der Waals surface area contributed by atoms with Gasteiger partial charge in [0, 0.05) is 30.7 Å². The van der Waals surface area contributed by atoms with E-state index in [2.05, 4.69) is 29.6 Å². The van der Waals surface area contributed by atoms with E-state index in [1.807, 2.05) is 0 Å². The van der Waals surface area contributed by atoms with Gasteiger partial charge in [0.15, 0.2) is 0 Å². The van der Waals surface area contributed by atoms with Crippen molar-refractivity contribution in [3.8, 4) is 0 Å². The fraction of sp³-hybridized carbons (Fsp3) is 0.941. The van der Waals surface area contributed by atoms with Gasteiger partial charge in [0.2, 0.25) is 0 Å². The zero-order chi connectivity index (χ0) is 15.7. The summed E-state index contributed by atoms with van der Waals surface area (Å²) in [5, 5.41) is 16.0. The van der Waals surface area contributed by atoms with Crippen LogP contribution in [0.15, 0.2) is 0 Å². The van der Waals surface area contributed by atoms with Crippen LogP contribution < -0.4 is 10.6 Å². The lowest BCUT2D eigenvalue weighted by Crippen LogP contribution is -2.52. The molecule has 0 aromatic heterocycles. The summed E-state index contributed by atoms with van der Waals surface area (Å²) in [6.07, 6.45) is 8.15. The molecule has 5 heteroatoms. The van der Waals surface area contributed by atoms with Crippen molar-refractivity contribution in [2.75, 3.05) is 20.7 Å². The molecule has 3 aliphatic rings. The van der Waals surface area contributed by atoms with Crippen LogP contribution in [0.3, 0.4) is 0 Å². The van der Waals surface area contributed by atoms with Crippen LogP contribution in [0, 0.1) is 17.8 Å². The number of carbonyl (C=O) groups excluding carboxylic acids is 1. The van der Waals surface area contributed by atoms with Crippen LogP contribution in [0.1, 0.15) is 44.9 Å². The molecule has 3 N–H and O–H groups in total. The van der Waals surface area contributed by atoms with Crippen molar-refractivity contribution in [2.24, 2.45) is 17.8 Å². The third-order valence-corrected chi connectivity index (χ3v) is 6.31. The minimum atomic E-state index is -0.0274. The molecule has 6 unspecified atom stereocenters. The molecule has 3 rings (SSSR count). The molecule has 6 atom stereocenters. The first-order chi connectivity index (χ1) is 10.6. The summed E-state index contributed by atoms with van der Waals surface area (Å²) in [4.78, 5) is 14.6. The minimum absolute atomic E-state index is 0.0274. The minimum Gasteiger partial charge on any atom is -0.396 e. The molecule has 3 saturated carbocycles.